The molecule has 11 aromatic rings. The van der Waals surface area contributed by atoms with E-state index in [4.69, 9.17) is 4.98 Å². The number of hydrogen-bond donors (Lipinski definition) is 0. The molecule has 0 spiro atoms. The number of hydrogen-bond acceptors (Lipinski definition) is 3. The molecule has 0 amide bonds. The fourth-order valence-corrected chi connectivity index (χ4v) is 8.84. The van der Waals surface area contributed by atoms with Crippen molar-refractivity contribution in [1.29, 1.82) is 0 Å². The summed E-state index contributed by atoms with van der Waals surface area (Å²) in [6, 6.07) is 55.4. The average Bonchev–Trinajstić information content (AvgIpc) is 3.82. The summed E-state index contributed by atoms with van der Waals surface area (Å²) in [6.45, 7) is 0. The minimum atomic E-state index is -0.0450. The van der Waals surface area contributed by atoms with Gasteiger partial charge in [-0.25, -0.2) is 9.38 Å². The van der Waals surface area contributed by atoms with Crippen molar-refractivity contribution in [3.63, 3.8) is 0 Å². The number of aromatic nitrogens is 4. The van der Waals surface area contributed by atoms with Crippen LogP contribution in [0.15, 0.2) is 163 Å². The number of rotatable bonds is 3. The topological polar surface area (TPSA) is 44.2 Å². The van der Waals surface area contributed by atoms with E-state index in [0.29, 0.717) is 10.3 Å². The van der Waals surface area contributed by atoms with Crippen LogP contribution in [0.4, 0.5) is 0 Å². The molecule has 0 unspecified atom stereocenters. The Hall–Kier alpha value is -6.50. The molecule has 50 heavy (non-hydrogen) atoms. The second kappa shape index (κ2) is 10.3. The summed E-state index contributed by atoms with van der Waals surface area (Å²) in [5, 5.41) is 5.50. The normalized spacial score (nSPS) is 12.1. The maximum absolute atomic E-state index is 14.0. The second-order valence-corrected chi connectivity index (χ2v) is 13.8. The van der Waals surface area contributed by atoms with E-state index < -0.39 is 0 Å². The van der Waals surface area contributed by atoms with Gasteiger partial charge in [-0.3, -0.25) is 4.79 Å². The molecule has 7 aromatic carbocycles. The lowest BCUT2D eigenvalue weighted by molar-refractivity contribution is 1.17. The molecule has 0 aliphatic rings. The van der Waals surface area contributed by atoms with Crippen molar-refractivity contribution >= 4 is 81.0 Å². The molecule has 0 aliphatic heterocycles. The summed E-state index contributed by atoms with van der Waals surface area (Å²) in [4.78, 5) is 19.4. The van der Waals surface area contributed by atoms with Crippen LogP contribution in [0.3, 0.4) is 0 Å². The van der Waals surface area contributed by atoms with Gasteiger partial charge in [-0.2, -0.15) is 0 Å². The van der Waals surface area contributed by atoms with E-state index in [2.05, 4.69) is 137 Å². The van der Waals surface area contributed by atoms with Gasteiger partial charge in [0.1, 0.15) is 0 Å². The Balaban J connectivity index is 1.10. The Morgan fingerprint density at radius 1 is 0.440 bits per heavy atom. The van der Waals surface area contributed by atoms with Gasteiger partial charge in [0.25, 0.3) is 5.56 Å². The van der Waals surface area contributed by atoms with Gasteiger partial charge >= 0.3 is 0 Å². The van der Waals surface area contributed by atoms with Crippen LogP contribution in [0, 0.1) is 0 Å². The van der Waals surface area contributed by atoms with Crippen LogP contribution >= 0.6 is 11.3 Å². The van der Waals surface area contributed by atoms with E-state index in [1.54, 1.807) is 15.7 Å². The van der Waals surface area contributed by atoms with Crippen LogP contribution in [0.5, 0.6) is 0 Å². The highest BCUT2D eigenvalue weighted by atomic mass is 32.1. The van der Waals surface area contributed by atoms with E-state index in [-0.39, 0.29) is 5.56 Å². The van der Waals surface area contributed by atoms with Gasteiger partial charge in [0, 0.05) is 37.6 Å². The standard InChI is InChI=1S/C44H26N4OS/c49-43-35-26-30(20-23-42(35)50-44-45-36-14-6-9-17-41(36)48(43)44)47-38-16-8-5-13-32(38)34-25-28(19-22-40(34)47)27-18-21-39-33(24-27)31-12-4-7-15-37(31)46(39)29-10-2-1-3-11-29/h1-26H. The first-order valence-electron chi connectivity index (χ1n) is 16.7. The highest BCUT2D eigenvalue weighted by Crippen LogP contribution is 2.38. The van der Waals surface area contributed by atoms with Crippen molar-refractivity contribution in [1.82, 2.24) is 18.5 Å². The first kappa shape index (κ1) is 27.5. The van der Waals surface area contributed by atoms with Crippen molar-refractivity contribution in [3.8, 4) is 22.5 Å². The molecular weight excluding hydrogens is 633 g/mol. The number of benzene rings is 7. The molecular formula is C44H26N4OS. The molecule has 11 rings (SSSR count). The number of imidazole rings is 1. The van der Waals surface area contributed by atoms with E-state index in [0.717, 1.165) is 43.7 Å². The molecule has 5 nitrogen and oxygen atoms in total. The largest absolute Gasteiger partial charge is 0.309 e. The maximum Gasteiger partial charge on any atom is 0.266 e. The molecule has 0 aliphatic carbocycles. The molecule has 4 heterocycles. The van der Waals surface area contributed by atoms with Crippen LogP contribution in [-0.4, -0.2) is 18.5 Å². The van der Waals surface area contributed by atoms with Crippen LogP contribution < -0.4 is 5.56 Å². The Morgan fingerprint density at radius 2 is 1.00 bits per heavy atom. The second-order valence-electron chi connectivity index (χ2n) is 12.8. The quantitative estimate of drug-likeness (QED) is 0.190. The van der Waals surface area contributed by atoms with E-state index in [9.17, 15) is 4.79 Å². The first-order chi connectivity index (χ1) is 24.7. The molecule has 0 saturated carbocycles. The smallest absolute Gasteiger partial charge is 0.266 e. The molecule has 0 radical (unpaired) electrons. The summed E-state index contributed by atoms with van der Waals surface area (Å²) in [7, 11) is 0. The van der Waals surface area contributed by atoms with Gasteiger partial charge < -0.3 is 9.13 Å². The van der Waals surface area contributed by atoms with Crippen molar-refractivity contribution in [2.45, 2.75) is 0 Å². The molecule has 0 N–H and O–H groups in total. The average molecular weight is 659 g/mol. The Labute approximate surface area is 289 Å². The van der Waals surface area contributed by atoms with Gasteiger partial charge in [-0.15, -0.1) is 0 Å². The Bertz CT molecular complexity index is 3240. The lowest BCUT2D eigenvalue weighted by atomic mass is 10.0. The Morgan fingerprint density at radius 3 is 1.68 bits per heavy atom. The first-order valence-corrected chi connectivity index (χ1v) is 17.5. The van der Waals surface area contributed by atoms with Crippen molar-refractivity contribution in [3.05, 3.63) is 168 Å². The zero-order valence-electron chi connectivity index (χ0n) is 26.6. The molecule has 0 fully saturated rings. The van der Waals surface area contributed by atoms with Crippen LogP contribution in [0.1, 0.15) is 0 Å². The summed E-state index contributed by atoms with van der Waals surface area (Å²) in [6.07, 6.45) is 0. The van der Waals surface area contributed by atoms with Gasteiger partial charge in [0.2, 0.25) is 0 Å². The monoisotopic (exact) mass is 658 g/mol. The van der Waals surface area contributed by atoms with Crippen LogP contribution in [0.2, 0.25) is 0 Å². The minimum Gasteiger partial charge on any atom is -0.309 e. The summed E-state index contributed by atoms with van der Waals surface area (Å²) < 4.78 is 7.31. The molecule has 0 saturated heterocycles. The lowest BCUT2D eigenvalue weighted by Crippen LogP contribution is -2.12. The number of fused-ring (bicyclic) bond motifs is 10. The van der Waals surface area contributed by atoms with Crippen molar-refractivity contribution in [2.24, 2.45) is 0 Å². The van der Waals surface area contributed by atoms with Crippen molar-refractivity contribution < 1.29 is 0 Å². The third-order valence-corrected chi connectivity index (χ3v) is 11.1. The minimum absolute atomic E-state index is 0.0450. The SMILES string of the molecule is O=c1c2cc(-n3c4ccccc4c4cc(-c5ccc6c(c5)c5ccccc5n6-c5ccccc5)ccc43)ccc2sc2nc3ccccc3n12. The summed E-state index contributed by atoms with van der Waals surface area (Å²) in [5.74, 6) is 0. The highest BCUT2D eigenvalue weighted by molar-refractivity contribution is 7.23. The van der Waals surface area contributed by atoms with Crippen LogP contribution in [0.25, 0.3) is 92.2 Å². The maximum atomic E-state index is 14.0. The third kappa shape index (κ3) is 3.82. The summed E-state index contributed by atoms with van der Waals surface area (Å²) in [5.41, 5.74) is 10.7. The van der Waals surface area contributed by atoms with E-state index >= 15 is 0 Å². The molecule has 4 aromatic heterocycles. The van der Waals surface area contributed by atoms with E-state index in [1.165, 1.54) is 38.1 Å². The predicted octanol–water partition coefficient (Wildman–Crippen LogP) is 10.9. The lowest BCUT2D eigenvalue weighted by Gasteiger charge is -2.10. The highest BCUT2D eigenvalue weighted by Gasteiger charge is 2.18. The summed E-state index contributed by atoms with van der Waals surface area (Å²) >= 11 is 1.55. The van der Waals surface area contributed by atoms with Crippen LogP contribution in [-0.2, 0) is 0 Å². The number of para-hydroxylation sites is 5. The van der Waals surface area contributed by atoms with Gasteiger partial charge in [-0.05, 0) is 90.0 Å². The van der Waals surface area contributed by atoms with Gasteiger partial charge in [0.15, 0.2) is 4.96 Å². The van der Waals surface area contributed by atoms with Crippen molar-refractivity contribution in [2.75, 3.05) is 0 Å². The van der Waals surface area contributed by atoms with Gasteiger partial charge in [-0.1, -0.05) is 90.2 Å². The third-order valence-electron chi connectivity index (χ3n) is 10.1. The molecule has 0 atom stereocenters. The zero-order valence-corrected chi connectivity index (χ0v) is 27.4. The zero-order chi connectivity index (χ0) is 32.9. The Kier molecular flexibility index (Phi) is 5.63. The molecule has 0 bridgehead atoms. The van der Waals surface area contributed by atoms with Gasteiger partial charge in [0.05, 0.1) is 38.5 Å². The molecule has 234 valence electrons. The molecule has 6 heteroatoms. The fourth-order valence-electron chi connectivity index (χ4n) is 7.84. The predicted molar refractivity (Wildman–Crippen MR) is 208 cm³/mol. The number of nitrogens with zero attached hydrogens (tertiary/aromatic N) is 4. The van der Waals surface area contributed by atoms with E-state index in [1.807, 2.05) is 30.3 Å². The fraction of sp³-hybridized carbons (Fsp3) is 0.